The first-order valence-corrected chi connectivity index (χ1v) is 7.05. The minimum atomic E-state index is -0.143. The van der Waals surface area contributed by atoms with Gasteiger partial charge in [-0.2, -0.15) is 0 Å². The average Bonchev–Trinajstić information content (AvgIpc) is 2.74. The molecule has 1 nitrogen and oxygen atoms in total. The van der Waals surface area contributed by atoms with E-state index in [2.05, 4.69) is 31.9 Å². The Morgan fingerprint density at radius 3 is 2.60 bits per heavy atom. The van der Waals surface area contributed by atoms with Crippen LogP contribution in [0.4, 0.5) is 0 Å². The predicted octanol–water partition coefficient (Wildman–Crippen LogP) is 5.50. The Kier molecular flexibility index (Phi) is 3.60. The van der Waals surface area contributed by atoms with Crippen LogP contribution >= 0.6 is 54.8 Å². The molecule has 0 amide bonds. The maximum Gasteiger partial charge on any atom is 0.101 e. The first-order valence-electron chi connectivity index (χ1n) is 4.21. The molecule has 0 aliphatic carbocycles. The van der Waals surface area contributed by atoms with Crippen molar-refractivity contribution >= 4 is 54.8 Å². The molecule has 2 heterocycles. The molecule has 0 aliphatic heterocycles. The zero-order valence-corrected chi connectivity index (χ0v) is 12.5. The normalized spacial score (nSPS) is 13.1. The minimum absolute atomic E-state index is 0.143. The summed E-state index contributed by atoms with van der Waals surface area (Å²) in [5, 5.41) is -0.143. The molecule has 15 heavy (non-hydrogen) atoms. The van der Waals surface area contributed by atoms with Crippen LogP contribution in [0.1, 0.15) is 21.6 Å². The first kappa shape index (κ1) is 11.7. The van der Waals surface area contributed by atoms with Crippen LogP contribution in [0.15, 0.2) is 31.1 Å². The van der Waals surface area contributed by atoms with E-state index in [1.165, 1.54) is 0 Å². The van der Waals surface area contributed by atoms with Gasteiger partial charge in [0, 0.05) is 14.9 Å². The molecule has 5 heteroatoms. The summed E-state index contributed by atoms with van der Waals surface area (Å²) in [4.78, 5) is 1.09. The average molecular weight is 370 g/mol. The van der Waals surface area contributed by atoms with Gasteiger partial charge in [0.1, 0.15) is 5.76 Å². The van der Waals surface area contributed by atoms with Gasteiger partial charge in [-0.15, -0.1) is 22.9 Å². The van der Waals surface area contributed by atoms with Crippen molar-refractivity contribution in [2.24, 2.45) is 0 Å². The summed E-state index contributed by atoms with van der Waals surface area (Å²) in [6.45, 7) is 1.91. The molecule has 2 rings (SSSR count). The third kappa shape index (κ3) is 2.49. The summed E-state index contributed by atoms with van der Waals surface area (Å²) in [7, 11) is 0. The van der Waals surface area contributed by atoms with Crippen molar-refractivity contribution in [1.29, 1.82) is 0 Å². The van der Waals surface area contributed by atoms with Crippen molar-refractivity contribution in [1.82, 2.24) is 0 Å². The fourth-order valence-corrected chi connectivity index (χ4v) is 3.66. The second-order valence-corrected chi connectivity index (χ2v) is 6.82. The number of alkyl halides is 1. The maximum atomic E-state index is 6.34. The summed E-state index contributed by atoms with van der Waals surface area (Å²) < 4.78 is 7.34. The fourth-order valence-electron chi connectivity index (χ4n) is 1.25. The lowest BCUT2D eigenvalue weighted by atomic mass is 10.2. The molecular weight excluding hydrogens is 363 g/mol. The smallest absolute Gasteiger partial charge is 0.101 e. The highest BCUT2D eigenvalue weighted by Gasteiger charge is 2.16. The Morgan fingerprint density at radius 2 is 2.13 bits per heavy atom. The molecule has 80 valence electrons. The van der Waals surface area contributed by atoms with Crippen LogP contribution in [-0.4, -0.2) is 0 Å². The zero-order chi connectivity index (χ0) is 11.0. The molecule has 2 aromatic heterocycles. The predicted molar refractivity (Wildman–Crippen MR) is 70.9 cm³/mol. The number of halogens is 3. The second kappa shape index (κ2) is 4.62. The SMILES string of the molecule is Cc1cc(C(Cl)c2cc(Br)c(Br)s2)co1. The molecule has 1 unspecified atom stereocenters. The Balaban J connectivity index is 2.31. The molecule has 0 saturated carbocycles. The van der Waals surface area contributed by atoms with E-state index >= 15 is 0 Å². The zero-order valence-electron chi connectivity index (χ0n) is 7.76. The quantitative estimate of drug-likeness (QED) is 0.636. The van der Waals surface area contributed by atoms with Gasteiger partial charge in [-0.05, 0) is 50.9 Å². The van der Waals surface area contributed by atoms with Crippen molar-refractivity contribution in [3.05, 3.63) is 42.9 Å². The molecule has 2 aromatic rings. The maximum absolute atomic E-state index is 6.34. The van der Waals surface area contributed by atoms with Crippen LogP contribution in [0.3, 0.4) is 0 Å². The fraction of sp³-hybridized carbons (Fsp3) is 0.200. The molecule has 0 bridgehead atoms. The lowest BCUT2D eigenvalue weighted by Gasteiger charge is -2.02. The molecule has 0 saturated heterocycles. The van der Waals surface area contributed by atoms with E-state index in [-0.39, 0.29) is 5.38 Å². The van der Waals surface area contributed by atoms with Gasteiger partial charge >= 0.3 is 0 Å². The molecule has 0 N–H and O–H groups in total. The van der Waals surface area contributed by atoms with E-state index in [1.54, 1.807) is 17.6 Å². The third-order valence-corrected chi connectivity index (χ3v) is 5.90. The number of hydrogen-bond acceptors (Lipinski definition) is 2. The summed E-state index contributed by atoms with van der Waals surface area (Å²) in [5.74, 6) is 0.880. The number of furan rings is 1. The molecule has 0 fully saturated rings. The second-order valence-electron chi connectivity index (χ2n) is 3.12. The van der Waals surface area contributed by atoms with Crippen molar-refractivity contribution in [2.45, 2.75) is 12.3 Å². The highest BCUT2D eigenvalue weighted by atomic mass is 79.9. The molecule has 0 radical (unpaired) electrons. The summed E-state index contributed by atoms with van der Waals surface area (Å²) in [6, 6.07) is 3.98. The third-order valence-electron chi connectivity index (χ3n) is 1.96. The minimum Gasteiger partial charge on any atom is -0.469 e. The molecule has 0 spiro atoms. The number of hydrogen-bond donors (Lipinski definition) is 0. The van der Waals surface area contributed by atoms with Crippen LogP contribution in [0, 0.1) is 6.92 Å². The number of thiophene rings is 1. The van der Waals surface area contributed by atoms with Crippen LogP contribution < -0.4 is 0 Å². The van der Waals surface area contributed by atoms with Gasteiger partial charge in [-0.1, -0.05) is 0 Å². The van der Waals surface area contributed by atoms with Crippen LogP contribution in [0.25, 0.3) is 0 Å². The van der Waals surface area contributed by atoms with E-state index in [0.29, 0.717) is 0 Å². The van der Waals surface area contributed by atoms with E-state index < -0.39 is 0 Å². The van der Waals surface area contributed by atoms with Gasteiger partial charge in [-0.25, -0.2) is 0 Å². The van der Waals surface area contributed by atoms with Gasteiger partial charge in [0.2, 0.25) is 0 Å². The number of aryl methyl sites for hydroxylation is 1. The molecule has 1 atom stereocenters. The van der Waals surface area contributed by atoms with Gasteiger partial charge in [0.05, 0.1) is 15.4 Å². The van der Waals surface area contributed by atoms with Crippen molar-refractivity contribution < 1.29 is 4.42 Å². The topological polar surface area (TPSA) is 13.1 Å². The largest absolute Gasteiger partial charge is 0.469 e. The molecular formula is C10H7Br2ClOS. The van der Waals surface area contributed by atoms with Crippen molar-refractivity contribution in [3.8, 4) is 0 Å². The van der Waals surface area contributed by atoms with Crippen LogP contribution in [0.5, 0.6) is 0 Å². The highest BCUT2D eigenvalue weighted by Crippen LogP contribution is 2.40. The van der Waals surface area contributed by atoms with E-state index in [0.717, 1.165) is 24.5 Å². The Morgan fingerprint density at radius 1 is 1.40 bits per heavy atom. The van der Waals surface area contributed by atoms with E-state index in [9.17, 15) is 0 Å². The lowest BCUT2D eigenvalue weighted by Crippen LogP contribution is -1.85. The summed E-state index contributed by atoms with van der Waals surface area (Å²) in [5.41, 5.74) is 0.996. The van der Waals surface area contributed by atoms with Gasteiger partial charge in [-0.3, -0.25) is 0 Å². The number of rotatable bonds is 2. The Labute approximate surface area is 114 Å². The van der Waals surface area contributed by atoms with E-state index in [1.807, 2.05) is 19.1 Å². The Hall–Kier alpha value is 0.230. The first-order chi connectivity index (χ1) is 7.08. The summed E-state index contributed by atoms with van der Waals surface area (Å²) >= 11 is 14.9. The standard InChI is InChI=1S/C10H7Br2ClOS/c1-5-2-6(4-14-5)9(13)8-3-7(11)10(12)15-8/h2-4,9H,1H3. The van der Waals surface area contributed by atoms with E-state index in [4.69, 9.17) is 16.0 Å². The molecule has 0 aliphatic rings. The van der Waals surface area contributed by atoms with Crippen LogP contribution in [0.2, 0.25) is 0 Å². The summed E-state index contributed by atoms with van der Waals surface area (Å²) in [6.07, 6.45) is 1.70. The van der Waals surface area contributed by atoms with Gasteiger partial charge in [0.25, 0.3) is 0 Å². The monoisotopic (exact) mass is 368 g/mol. The van der Waals surface area contributed by atoms with Gasteiger partial charge < -0.3 is 4.42 Å². The highest BCUT2D eigenvalue weighted by molar-refractivity contribution is 9.13. The lowest BCUT2D eigenvalue weighted by molar-refractivity contribution is 0.532. The van der Waals surface area contributed by atoms with Crippen molar-refractivity contribution in [3.63, 3.8) is 0 Å². The van der Waals surface area contributed by atoms with Crippen LogP contribution in [-0.2, 0) is 0 Å². The van der Waals surface area contributed by atoms with Crippen molar-refractivity contribution in [2.75, 3.05) is 0 Å². The molecule has 0 aromatic carbocycles. The van der Waals surface area contributed by atoms with Gasteiger partial charge in [0.15, 0.2) is 0 Å². The Bertz CT molecular complexity index is 458.